The third-order valence-corrected chi connectivity index (χ3v) is 5.22. The van der Waals surface area contributed by atoms with Crippen molar-refractivity contribution >= 4 is 17.7 Å². The van der Waals surface area contributed by atoms with Crippen molar-refractivity contribution in [1.82, 2.24) is 14.3 Å². The first-order valence-electron chi connectivity index (χ1n) is 9.41. The molecule has 8 heteroatoms. The van der Waals surface area contributed by atoms with Crippen molar-refractivity contribution in [2.24, 2.45) is 0 Å². The van der Waals surface area contributed by atoms with E-state index in [1.807, 2.05) is 37.3 Å². The third-order valence-electron chi connectivity index (χ3n) is 4.89. The van der Waals surface area contributed by atoms with Gasteiger partial charge in [-0.3, -0.25) is 9.25 Å². The molecular weight excluding hydrogens is 394 g/mol. The van der Waals surface area contributed by atoms with Gasteiger partial charge in [-0.05, 0) is 26.0 Å². The second-order valence-electron chi connectivity index (χ2n) is 7.18. The van der Waals surface area contributed by atoms with Gasteiger partial charge in [0.25, 0.3) is 0 Å². The van der Waals surface area contributed by atoms with Gasteiger partial charge >= 0.3 is 6.09 Å². The average molecular weight is 416 g/mol. The molecule has 7 nitrogen and oxygen atoms in total. The number of aromatic nitrogens is 3. The van der Waals surface area contributed by atoms with Crippen LogP contribution in [0.5, 0.6) is 0 Å². The fourth-order valence-electron chi connectivity index (χ4n) is 3.28. The Hall–Kier alpha value is -2.61. The molecule has 0 unspecified atom stereocenters. The second-order valence-corrected chi connectivity index (χ2v) is 7.59. The molecule has 0 bridgehead atoms. The molecule has 1 N–H and O–H groups in total. The molecule has 1 saturated heterocycles. The average Bonchev–Trinajstić information content (AvgIpc) is 3.22. The summed E-state index contributed by atoms with van der Waals surface area (Å²) >= 11 is 6.37. The predicted octanol–water partition coefficient (Wildman–Crippen LogP) is 3.74. The van der Waals surface area contributed by atoms with Crippen LogP contribution in [0.1, 0.15) is 12.6 Å². The zero-order chi connectivity index (χ0) is 20.5. The molecule has 3 heterocycles. The van der Waals surface area contributed by atoms with E-state index in [4.69, 9.17) is 21.1 Å². The van der Waals surface area contributed by atoms with E-state index in [1.54, 1.807) is 24.0 Å². The van der Waals surface area contributed by atoms with E-state index in [9.17, 15) is 9.90 Å². The zero-order valence-corrected chi connectivity index (χ0v) is 17.0. The number of hydrogen-bond acceptors (Lipinski definition) is 5. The number of benzene rings is 1. The summed E-state index contributed by atoms with van der Waals surface area (Å²) < 4.78 is 13.8. The van der Waals surface area contributed by atoms with Gasteiger partial charge in [0, 0.05) is 33.6 Å². The number of carbonyl (C=O) groups is 1. The molecule has 1 aliphatic heterocycles. The molecule has 0 amide bonds. The highest BCUT2D eigenvalue weighted by Gasteiger charge is 2.26. The Morgan fingerprint density at radius 2 is 2.14 bits per heavy atom. The summed E-state index contributed by atoms with van der Waals surface area (Å²) in [6.45, 7) is 4.79. The molecule has 1 aliphatic rings. The van der Waals surface area contributed by atoms with Crippen LogP contribution in [-0.4, -0.2) is 51.0 Å². The number of carbonyl (C=O) groups excluding carboxylic acids is 1. The van der Waals surface area contributed by atoms with Crippen LogP contribution in [0, 0.1) is 6.92 Å². The first-order chi connectivity index (χ1) is 13.9. The number of hydrogen-bond donors (Lipinski definition) is 1. The highest BCUT2D eigenvalue weighted by molar-refractivity contribution is 6.33. The molecule has 0 spiro atoms. The van der Waals surface area contributed by atoms with Crippen LogP contribution in [-0.2, 0) is 16.0 Å². The highest BCUT2D eigenvalue weighted by Crippen LogP contribution is 2.34. The fourth-order valence-corrected chi connectivity index (χ4v) is 3.52. The summed E-state index contributed by atoms with van der Waals surface area (Å²) in [4.78, 5) is 12.9. The van der Waals surface area contributed by atoms with Crippen molar-refractivity contribution in [3.8, 4) is 22.4 Å². The molecule has 1 aromatic carbocycles. The van der Waals surface area contributed by atoms with Gasteiger partial charge in [0.05, 0.1) is 37.8 Å². The van der Waals surface area contributed by atoms with Gasteiger partial charge in [-0.2, -0.15) is 5.10 Å². The van der Waals surface area contributed by atoms with E-state index in [2.05, 4.69) is 5.10 Å². The molecule has 1 atom stereocenters. The lowest BCUT2D eigenvalue weighted by atomic mass is 10.1. The predicted molar refractivity (Wildman–Crippen MR) is 109 cm³/mol. The Bertz CT molecular complexity index is 1040. The number of aliphatic hydroxyl groups excluding tert-OH is 1. The molecule has 3 aromatic rings. The molecular formula is C21H22ClN3O4. The van der Waals surface area contributed by atoms with Crippen LogP contribution in [0.3, 0.4) is 0 Å². The molecule has 0 aliphatic carbocycles. The Balaban J connectivity index is 1.78. The van der Waals surface area contributed by atoms with Crippen LogP contribution in [0.25, 0.3) is 22.4 Å². The van der Waals surface area contributed by atoms with Crippen molar-refractivity contribution in [2.45, 2.75) is 32.6 Å². The minimum atomic E-state index is -0.532. The van der Waals surface area contributed by atoms with Crippen LogP contribution in [0.4, 0.5) is 4.79 Å². The Morgan fingerprint density at radius 1 is 1.38 bits per heavy atom. The van der Waals surface area contributed by atoms with Crippen LogP contribution < -0.4 is 0 Å². The summed E-state index contributed by atoms with van der Waals surface area (Å²) in [6.07, 6.45) is 2.18. The first kappa shape index (κ1) is 19.7. The van der Waals surface area contributed by atoms with Crippen LogP contribution >= 0.6 is 11.6 Å². The fraction of sp³-hybridized carbons (Fsp3) is 0.333. The maximum atomic E-state index is 12.9. The Labute approximate surface area is 173 Å². The first-order valence-corrected chi connectivity index (χ1v) is 9.78. The van der Waals surface area contributed by atoms with E-state index in [0.29, 0.717) is 30.5 Å². The molecule has 29 heavy (non-hydrogen) atoms. The summed E-state index contributed by atoms with van der Waals surface area (Å²) in [5, 5.41) is 14.7. The van der Waals surface area contributed by atoms with E-state index >= 15 is 0 Å². The highest BCUT2D eigenvalue weighted by atomic mass is 35.5. The lowest BCUT2D eigenvalue weighted by Gasteiger charge is -2.25. The van der Waals surface area contributed by atoms with Gasteiger partial charge in [0.2, 0.25) is 0 Å². The number of halogens is 1. The maximum Gasteiger partial charge on any atom is 0.418 e. The number of aliphatic hydroxyl groups is 1. The van der Waals surface area contributed by atoms with Crippen molar-refractivity contribution in [2.75, 3.05) is 13.2 Å². The minimum absolute atomic E-state index is 0.236. The Morgan fingerprint density at radius 3 is 2.79 bits per heavy atom. The quantitative estimate of drug-likeness (QED) is 0.686. The summed E-state index contributed by atoms with van der Waals surface area (Å²) in [6, 6.07) is 9.37. The zero-order valence-electron chi connectivity index (χ0n) is 16.2. The summed E-state index contributed by atoms with van der Waals surface area (Å²) in [5.41, 5.74) is 3.90. The van der Waals surface area contributed by atoms with Crippen molar-refractivity contribution in [3.63, 3.8) is 0 Å². The number of nitrogens with zero attached hydrogens (tertiary/aromatic N) is 3. The smallest absolute Gasteiger partial charge is 0.418 e. The van der Waals surface area contributed by atoms with Crippen molar-refractivity contribution in [3.05, 3.63) is 53.4 Å². The van der Waals surface area contributed by atoms with Crippen LogP contribution in [0.15, 0.2) is 42.7 Å². The Kier molecular flexibility index (Phi) is 5.45. The van der Waals surface area contributed by atoms with Crippen LogP contribution in [0.2, 0.25) is 5.02 Å². The number of rotatable bonds is 5. The monoisotopic (exact) mass is 415 g/mol. The van der Waals surface area contributed by atoms with E-state index in [-0.39, 0.29) is 6.10 Å². The lowest BCUT2D eigenvalue weighted by Crippen LogP contribution is -2.38. The van der Waals surface area contributed by atoms with Gasteiger partial charge in [0.1, 0.15) is 0 Å². The van der Waals surface area contributed by atoms with Crippen molar-refractivity contribution in [1.29, 1.82) is 0 Å². The normalized spacial score (nSPS) is 15.2. The standard InChI is InChI=1S/C21H22ClN3O4/c1-13(26)9-25-14(2)18(8-23-25)20-7-15(17-5-3-4-6-19(17)22)10-24(20)21(27)29-16-11-28-12-16/h3-8,10,13,16,26H,9,11-12H2,1-2H3/t13-/m0/s1. The van der Waals surface area contributed by atoms with Gasteiger partial charge in [-0.15, -0.1) is 0 Å². The molecule has 0 radical (unpaired) electrons. The molecule has 4 rings (SSSR count). The molecule has 2 aromatic heterocycles. The van der Waals surface area contributed by atoms with Gasteiger partial charge in [-0.1, -0.05) is 29.8 Å². The summed E-state index contributed by atoms with van der Waals surface area (Å²) in [5.74, 6) is 0. The van der Waals surface area contributed by atoms with E-state index in [1.165, 1.54) is 4.57 Å². The van der Waals surface area contributed by atoms with E-state index < -0.39 is 12.2 Å². The van der Waals surface area contributed by atoms with Gasteiger partial charge in [-0.25, -0.2) is 4.79 Å². The van der Waals surface area contributed by atoms with Gasteiger partial charge < -0.3 is 14.6 Å². The minimum Gasteiger partial charge on any atom is -0.441 e. The molecule has 152 valence electrons. The maximum absolute atomic E-state index is 12.9. The topological polar surface area (TPSA) is 78.5 Å². The second kappa shape index (κ2) is 8.02. The third kappa shape index (κ3) is 3.94. The SMILES string of the molecule is Cc1c(-c2cc(-c3ccccc3Cl)cn2C(=O)OC2COC2)cnn1C[C@H](C)O. The molecule has 1 fully saturated rings. The number of ether oxygens (including phenoxy) is 2. The van der Waals surface area contributed by atoms with Crippen molar-refractivity contribution < 1.29 is 19.4 Å². The molecule has 0 saturated carbocycles. The largest absolute Gasteiger partial charge is 0.441 e. The lowest BCUT2D eigenvalue weighted by molar-refractivity contribution is -0.0976. The van der Waals surface area contributed by atoms with E-state index in [0.717, 1.165) is 22.4 Å². The summed E-state index contributed by atoms with van der Waals surface area (Å²) in [7, 11) is 0. The van der Waals surface area contributed by atoms with Gasteiger partial charge in [0.15, 0.2) is 6.10 Å².